The number of unbranched alkanes of at least 4 members (excludes halogenated alkanes) is 6. The van der Waals surface area contributed by atoms with Gasteiger partial charge in [0, 0.05) is 44.1 Å². The van der Waals surface area contributed by atoms with Crippen molar-refractivity contribution in [1.29, 1.82) is 0 Å². The van der Waals surface area contributed by atoms with Gasteiger partial charge in [-0.25, -0.2) is 0 Å². The number of rotatable bonds is 19. The molecule has 0 spiro atoms. The van der Waals surface area contributed by atoms with Crippen molar-refractivity contribution in [2.24, 2.45) is 0 Å². The van der Waals surface area contributed by atoms with Crippen LogP contribution in [0.25, 0.3) is 54.4 Å². The van der Waals surface area contributed by atoms with Crippen molar-refractivity contribution in [3.63, 3.8) is 0 Å². The molecule has 0 unspecified atom stereocenters. The molecule has 8 rings (SSSR count). The summed E-state index contributed by atoms with van der Waals surface area (Å²) in [5.74, 6) is 1.72. The predicted molar refractivity (Wildman–Crippen MR) is 246 cm³/mol. The van der Waals surface area contributed by atoms with Crippen LogP contribution in [0.15, 0.2) is 121 Å². The molecule has 62 heavy (non-hydrogen) atoms. The van der Waals surface area contributed by atoms with E-state index < -0.39 is 11.9 Å². The molecule has 8 aromatic rings. The zero-order valence-corrected chi connectivity index (χ0v) is 36.3. The number of fused-ring (bicyclic) bond motifs is 1. The number of anilines is 3. The van der Waals surface area contributed by atoms with Gasteiger partial charge in [0.25, 0.3) is 0 Å². The van der Waals surface area contributed by atoms with Crippen molar-refractivity contribution in [3.8, 4) is 54.9 Å². The molecular formula is C49H47F3N6O2S2. The smallest absolute Gasteiger partial charge is 0.435 e. The Morgan fingerprint density at radius 3 is 1.74 bits per heavy atom. The summed E-state index contributed by atoms with van der Waals surface area (Å²) in [6.07, 6.45) is 6.32. The van der Waals surface area contributed by atoms with Crippen LogP contribution >= 0.6 is 23.1 Å². The van der Waals surface area contributed by atoms with Gasteiger partial charge in [0.2, 0.25) is 0 Å². The highest BCUT2D eigenvalue weighted by Gasteiger charge is 2.34. The Morgan fingerprint density at radius 1 is 0.597 bits per heavy atom. The minimum atomic E-state index is -4.54. The number of hydrogen-bond donors (Lipinski definition) is 1. The van der Waals surface area contributed by atoms with E-state index in [0.29, 0.717) is 18.9 Å². The molecule has 0 saturated carbocycles. The first-order valence-corrected chi connectivity index (χ1v) is 22.6. The minimum absolute atomic E-state index is 0.197. The molecule has 0 amide bonds. The Labute approximate surface area is 367 Å². The number of H-pyrrole nitrogens is 1. The van der Waals surface area contributed by atoms with Crippen LogP contribution in [0.3, 0.4) is 0 Å². The number of thiophene rings is 1. The standard InChI is InChI=1S/C49H47F3N6O2S2/c1-3-5-7-9-29-59-38-19-15-36(16-20-38)58(37-17-21-39(22-18-37)60-30-10-8-6-4-2)35-13-11-33(12-14-35)40-23-24-41(48-47(40)56-62-57-48)45-26-25-44(61-45)34-27-28-53-42(31-34)43-32-46(55-54-43)49(50,51)52/h11-28,31-32H,3-10,29-30H2,1-2H3,(H,54,55). The number of halogens is 3. The summed E-state index contributed by atoms with van der Waals surface area (Å²) < 4.78 is 61.2. The predicted octanol–water partition coefficient (Wildman–Crippen LogP) is 14.9. The molecule has 1 N–H and O–H groups in total. The molecule has 318 valence electrons. The summed E-state index contributed by atoms with van der Waals surface area (Å²) in [5.41, 5.74) is 7.99. The maximum absolute atomic E-state index is 13.2. The number of nitrogens with one attached hydrogen (secondary N) is 1. The number of hydrogen-bond acceptors (Lipinski definition) is 9. The molecule has 0 saturated heterocycles. The highest BCUT2D eigenvalue weighted by atomic mass is 32.1. The molecule has 0 fully saturated rings. The molecule has 0 atom stereocenters. The van der Waals surface area contributed by atoms with E-state index >= 15 is 0 Å². The van der Waals surface area contributed by atoms with E-state index in [-0.39, 0.29) is 5.69 Å². The number of nitrogens with zero attached hydrogens (tertiary/aromatic N) is 5. The van der Waals surface area contributed by atoms with Crippen molar-refractivity contribution in [2.75, 3.05) is 18.1 Å². The zero-order chi connectivity index (χ0) is 42.9. The van der Waals surface area contributed by atoms with Gasteiger partial charge >= 0.3 is 6.18 Å². The number of alkyl halides is 3. The summed E-state index contributed by atoms with van der Waals surface area (Å²) in [7, 11) is 0. The van der Waals surface area contributed by atoms with Crippen LogP contribution in [-0.4, -0.2) is 37.1 Å². The third kappa shape index (κ3) is 10.0. The molecule has 13 heteroatoms. The summed E-state index contributed by atoms with van der Waals surface area (Å²) in [6, 6.07) is 37.9. The largest absolute Gasteiger partial charge is 0.494 e. The Morgan fingerprint density at radius 2 is 1.16 bits per heavy atom. The lowest BCUT2D eigenvalue weighted by Crippen LogP contribution is -2.10. The maximum atomic E-state index is 13.2. The molecule has 8 nitrogen and oxygen atoms in total. The zero-order valence-electron chi connectivity index (χ0n) is 34.6. The van der Waals surface area contributed by atoms with E-state index in [4.69, 9.17) is 18.2 Å². The van der Waals surface area contributed by atoms with Gasteiger partial charge in [-0.2, -0.15) is 27.0 Å². The molecule has 0 aliphatic heterocycles. The summed E-state index contributed by atoms with van der Waals surface area (Å²) >= 11 is 2.75. The van der Waals surface area contributed by atoms with Crippen LogP contribution < -0.4 is 14.4 Å². The van der Waals surface area contributed by atoms with Crippen LogP contribution in [0.5, 0.6) is 11.5 Å². The Bertz CT molecular complexity index is 2620. The number of aromatic nitrogens is 5. The Hall–Kier alpha value is -6.05. The summed E-state index contributed by atoms with van der Waals surface area (Å²) in [4.78, 5) is 8.46. The van der Waals surface area contributed by atoms with Gasteiger partial charge in [-0.15, -0.1) is 11.3 Å². The highest BCUT2D eigenvalue weighted by Crippen LogP contribution is 2.42. The molecule has 0 bridgehead atoms. The van der Waals surface area contributed by atoms with E-state index in [1.54, 1.807) is 23.6 Å². The molecule has 0 radical (unpaired) electrons. The first kappa shape index (κ1) is 42.6. The lowest BCUT2D eigenvalue weighted by Gasteiger charge is -2.26. The van der Waals surface area contributed by atoms with Crippen molar-refractivity contribution in [2.45, 2.75) is 71.4 Å². The first-order chi connectivity index (χ1) is 30.3. The quantitative estimate of drug-likeness (QED) is 0.0810. The third-order valence-electron chi connectivity index (χ3n) is 10.6. The monoisotopic (exact) mass is 872 g/mol. The van der Waals surface area contributed by atoms with Gasteiger partial charge < -0.3 is 14.4 Å². The summed E-state index contributed by atoms with van der Waals surface area (Å²) in [5, 5.41) is 5.89. The molecule has 0 aliphatic rings. The first-order valence-electron chi connectivity index (χ1n) is 21.1. The van der Waals surface area contributed by atoms with E-state index in [9.17, 15) is 13.2 Å². The fourth-order valence-corrected chi connectivity index (χ4v) is 8.93. The second-order valence-corrected chi connectivity index (χ2v) is 16.7. The fraction of sp³-hybridized carbons (Fsp3) is 0.265. The number of aromatic amines is 1. The summed E-state index contributed by atoms with van der Waals surface area (Å²) in [6.45, 7) is 5.84. The number of pyridine rings is 1. The Kier molecular flexibility index (Phi) is 13.6. The van der Waals surface area contributed by atoms with Gasteiger partial charge in [-0.1, -0.05) is 76.6 Å². The van der Waals surface area contributed by atoms with Crippen molar-refractivity contribution in [3.05, 3.63) is 127 Å². The molecule has 4 aromatic heterocycles. The third-order valence-corrected chi connectivity index (χ3v) is 12.3. The van der Waals surface area contributed by atoms with Crippen LogP contribution in [0, 0.1) is 0 Å². The lowest BCUT2D eigenvalue weighted by atomic mass is 10.00. The van der Waals surface area contributed by atoms with Crippen molar-refractivity contribution >= 4 is 51.2 Å². The minimum Gasteiger partial charge on any atom is -0.494 e. The van der Waals surface area contributed by atoms with Gasteiger partial charge in [-0.3, -0.25) is 10.1 Å². The number of benzene rings is 4. The van der Waals surface area contributed by atoms with Crippen LogP contribution in [0.4, 0.5) is 30.2 Å². The Balaban J connectivity index is 1.03. The number of ether oxygens (including phenoxy) is 2. The average molecular weight is 873 g/mol. The van der Waals surface area contributed by atoms with Gasteiger partial charge in [0.15, 0.2) is 5.69 Å². The fourth-order valence-electron chi connectivity index (χ4n) is 7.32. The van der Waals surface area contributed by atoms with Gasteiger partial charge in [0.05, 0.1) is 36.3 Å². The van der Waals surface area contributed by atoms with Crippen molar-refractivity contribution < 1.29 is 22.6 Å². The van der Waals surface area contributed by atoms with E-state index in [0.717, 1.165) is 90.5 Å². The van der Waals surface area contributed by atoms with Crippen molar-refractivity contribution in [1.82, 2.24) is 23.9 Å². The van der Waals surface area contributed by atoms with Crippen LogP contribution in [0.1, 0.15) is 70.9 Å². The highest BCUT2D eigenvalue weighted by molar-refractivity contribution is 7.19. The topological polar surface area (TPSA) is 89.0 Å². The molecule has 0 aliphatic carbocycles. The second-order valence-electron chi connectivity index (χ2n) is 15.1. The van der Waals surface area contributed by atoms with Gasteiger partial charge in [-0.05, 0) is 115 Å². The maximum Gasteiger partial charge on any atom is 0.435 e. The SMILES string of the molecule is CCCCCCOc1ccc(N(c2ccc(OCCCCCC)cc2)c2ccc(-c3ccc(-c4ccc(-c5ccnc(-c6cc(C(F)(F)F)n[nH]6)c5)s4)c4nsnc34)cc2)cc1. The lowest BCUT2D eigenvalue weighted by molar-refractivity contribution is -0.141. The normalized spacial score (nSPS) is 11.6. The average Bonchev–Trinajstić information content (AvgIpc) is 4.10. The van der Waals surface area contributed by atoms with E-state index in [1.165, 1.54) is 50.3 Å². The van der Waals surface area contributed by atoms with Crippen LogP contribution in [0.2, 0.25) is 0 Å². The second kappa shape index (κ2) is 19.8. The molecular weight excluding hydrogens is 826 g/mol. The van der Waals surface area contributed by atoms with E-state index in [1.807, 2.05) is 42.5 Å². The van der Waals surface area contributed by atoms with Gasteiger partial charge in [0.1, 0.15) is 22.5 Å². The van der Waals surface area contributed by atoms with Crippen LogP contribution in [-0.2, 0) is 6.18 Å². The molecule has 4 heterocycles. The van der Waals surface area contributed by atoms with E-state index in [2.05, 4.69) is 94.6 Å². The molecule has 4 aromatic carbocycles.